The van der Waals surface area contributed by atoms with E-state index in [-0.39, 0.29) is 6.09 Å². The summed E-state index contributed by atoms with van der Waals surface area (Å²) in [6.07, 6.45) is 9.59. The van der Waals surface area contributed by atoms with Crippen molar-refractivity contribution >= 4 is 6.09 Å². The molecule has 2 saturated heterocycles. The van der Waals surface area contributed by atoms with Gasteiger partial charge in [0.05, 0.1) is 0 Å². The van der Waals surface area contributed by atoms with Crippen molar-refractivity contribution in [2.75, 3.05) is 13.1 Å². The molecule has 0 saturated carbocycles. The highest BCUT2D eigenvalue weighted by Gasteiger charge is 2.30. The minimum Gasteiger partial charge on any atom is -0.444 e. The molecule has 4 nitrogen and oxygen atoms in total. The number of rotatable bonds is 3. The molecule has 0 aliphatic carbocycles. The molecule has 0 aromatic carbocycles. The molecule has 2 fully saturated rings. The molecular weight excluding hydrogens is 264 g/mol. The van der Waals surface area contributed by atoms with Gasteiger partial charge in [-0.15, -0.1) is 0 Å². The number of piperidine rings is 2. The Morgan fingerprint density at radius 1 is 1.14 bits per heavy atom. The van der Waals surface area contributed by atoms with Gasteiger partial charge in [0.15, 0.2) is 0 Å². The first kappa shape index (κ1) is 16.6. The van der Waals surface area contributed by atoms with Crippen LogP contribution in [0.1, 0.15) is 72.1 Å². The summed E-state index contributed by atoms with van der Waals surface area (Å²) in [7, 11) is 0. The van der Waals surface area contributed by atoms with Crippen molar-refractivity contribution in [1.29, 1.82) is 0 Å². The monoisotopic (exact) mass is 296 g/mol. The highest BCUT2D eigenvalue weighted by molar-refractivity contribution is 5.68. The number of carbonyl (C=O) groups is 1. The molecule has 2 rings (SSSR count). The van der Waals surface area contributed by atoms with Gasteiger partial charge < -0.3 is 15.0 Å². The Bertz CT molecular complexity index is 332. The lowest BCUT2D eigenvalue weighted by Crippen LogP contribution is -2.47. The van der Waals surface area contributed by atoms with Crippen molar-refractivity contribution in [3.63, 3.8) is 0 Å². The Balaban J connectivity index is 1.84. The summed E-state index contributed by atoms with van der Waals surface area (Å²) in [5.41, 5.74) is -0.399. The third-order valence-corrected chi connectivity index (χ3v) is 4.52. The van der Waals surface area contributed by atoms with E-state index in [2.05, 4.69) is 5.32 Å². The van der Waals surface area contributed by atoms with E-state index in [1.807, 2.05) is 25.7 Å². The molecule has 0 radical (unpaired) electrons. The van der Waals surface area contributed by atoms with Crippen LogP contribution in [0.3, 0.4) is 0 Å². The predicted molar refractivity (Wildman–Crippen MR) is 85.5 cm³/mol. The Hall–Kier alpha value is -0.770. The Kier molecular flexibility index (Phi) is 5.91. The molecule has 0 spiro atoms. The summed E-state index contributed by atoms with van der Waals surface area (Å²) in [5, 5.41) is 3.61. The minimum atomic E-state index is -0.399. The van der Waals surface area contributed by atoms with Gasteiger partial charge in [-0.2, -0.15) is 0 Å². The van der Waals surface area contributed by atoms with E-state index in [1.54, 1.807) is 0 Å². The molecule has 2 aliphatic heterocycles. The summed E-state index contributed by atoms with van der Waals surface area (Å²) < 4.78 is 5.57. The highest BCUT2D eigenvalue weighted by Crippen LogP contribution is 2.25. The van der Waals surface area contributed by atoms with Gasteiger partial charge >= 0.3 is 6.09 Å². The summed E-state index contributed by atoms with van der Waals surface area (Å²) in [5.74, 6) is 0. The van der Waals surface area contributed by atoms with E-state index in [9.17, 15) is 4.79 Å². The standard InChI is InChI=1S/C17H32N2O2/c1-17(2,3)21-16(20)19-13-7-5-9-15(19)11-10-14-8-4-6-12-18-14/h14-15,18H,4-13H2,1-3H3/t14-,15+/m0/s1. The molecule has 0 aromatic rings. The van der Waals surface area contributed by atoms with Crippen molar-refractivity contribution in [2.24, 2.45) is 0 Å². The Labute approximate surface area is 129 Å². The maximum atomic E-state index is 12.4. The second kappa shape index (κ2) is 7.48. The summed E-state index contributed by atoms with van der Waals surface area (Å²) in [4.78, 5) is 14.3. The van der Waals surface area contributed by atoms with Gasteiger partial charge in [-0.25, -0.2) is 4.79 Å². The van der Waals surface area contributed by atoms with Crippen LogP contribution in [-0.2, 0) is 4.74 Å². The van der Waals surface area contributed by atoms with Gasteiger partial charge in [0.2, 0.25) is 0 Å². The van der Waals surface area contributed by atoms with Crippen LogP contribution in [0, 0.1) is 0 Å². The van der Waals surface area contributed by atoms with Crippen LogP contribution >= 0.6 is 0 Å². The third-order valence-electron chi connectivity index (χ3n) is 4.52. The van der Waals surface area contributed by atoms with E-state index < -0.39 is 5.60 Å². The van der Waals surface area contributed by atoms with Gasteiger partial charge in [-0.1, -0.05) is 6.42 Å². The molecule has 4 heteroatoms. The average Bonchev–Trinajstić information content (AvgIpc) is 2.45. The zero-order valence-corrected chi connectivity index (χ0v) is 14.0. The lowest BCUT2D eigenvalue weighted by molar-refractivity contribution is 0.00823. The van der Waals surface area contributed by atoms with Crippen LogP contribution in [0.2, 0.25) is 0 Å². The van der Waals surface area contributed by atoms with E-state index in [0.717, 1.165) is 32.4 Å². The van der Waals surface area contributed by atoms with Gasteiger partial charge in [0.1, 0.15) is 5.60 Å². The SMILES string of the molecule is CC(C)(C)OC(=O)N1CCCC[C@@H]1CC[C@@H]1CCCCN1. The average molecular weight is 296 g/mol. The number of carbonyl (C=O) groups excluding carboxylic acids is 1. The van der Waals surface area contributed by atoms with Gasteiger partial charge in [0, 0.05) is 18.6 Å². The maximum Gasteiger partial charge on any atom is 0.410 e. The number of likely N-dealkylation sites (tertiary alicyclic amines) is 1. The summed E-state index contributed by atoms with van der Waals surface area (Å²) in [6, 6.07) is 1.03. The molecule has 21 heavy (non-hydrogen) atoms. The molecule has 1 amide bonds. The number of ether oxygens (including phenoxy) is 1. The first-order chi connectivity index (χ1) is 9.96. The molecule has 2 heterocycles. The van der Waals surface area contributed by atoms with E-state index >= 15 is 0 Å². The van der Waals surface area contributed by atoms with Crippen molar-refractivity contribution in [3.05, 3.63) is 0 Å². The predicted octanol–water partition coefficient (Wildman–Crippen LogP) is 3.70. The van der Waals surface area contributed by atoms with Crippen LogP contribution in [0.15, 0.2) is 0 Å². The Morgan fingerprint density at radius 3 is 2.57 bits per heavy atom. The quantitative estimate of drug-likeness (QED) is 0.863. The topological polar surface area (TPSA) is 41.6 Å². The van der Waals surface area contributed by atoms with Crippen LogP contribution in [0.4, 0.5) is 4.79 Å². The zero-order chi connectivity index (χ0) is 15.3. The minimum absolute atomic E-state index is 0.121. The zero-order valence-electron chi connectivity index (χ0n) is 14.0. The molecule has 122 valence electrons. The number of nitrogens with one attached hydrogen (secondary N) is 1. The van der Waals surface area contributed by atoms with E-state index in [4.69, 9.17) is 4.74 Å². The largest absolute Gasteiger partial charge is 0.444 e. The van der Waals surface area contributed by atoms with Crippen molar-refractivity contribution < 1.29 is 9.53 Å². The molecule has 0 unspecified atom stereocenters. The van der Waals surface area contributed by atoms with Crippen molar-refractivity contribution in [1.82, 2.24) is 10.2 Å². The Morgan fingerprint density at radius 2 is 1.90 bits per heavy atom. The number of amides is 1. The first-order valence-corrected chi connectivity index (χ1v) is 8.69. The van der Waals surface area contributed by atoms with E-state index in [1.165, 1.54) is 32.1 Å². The summed E-state index contributed by atoms with van der Waals surface area (Å²) >= 11 is 0. The van der Waals surface area contributed by atoms with Gasteiger partial charge in [-0.3, -0.25) is 0 Å². The van der Waals surface area contributed by atoms with Crippen molar-refractivity contribution in [2.45, 2.75) is 89.8 Å². The number of hydrogen-bond acceptors (Lipinski definition) is 3. The lowest BCUT2D eigenvalue weighted by atomic mass is 9.93. The second-order valence-corrected chi connectivity index (χ2v) is 7.55. The van der Waals surface area contributed by atoms with Crippen LogP contribution < -0.4 is 5.32 Å². The van der Waals surface area contributed by atoms with Gasteiger partial charge in [0.25, 0.3) is 0 Å². The lowest BCUT2D eigenvalue weighted by Gasteiger charge is -2.37. The number of hydrogen-bond donors (Lipinski definition) is 1. The fraction of sp³-hybridized carbons (Fsp3) is 0.941. The fourth-order valence-electron chi connectivity index (χ4n) is 3.43. The summed E-state index contributed by atoms with van der Waals surface area (Å²) in [6.45, 7) is 7.84. The van der Waals surface area contributed by atoms with Crippen LogP contribution in [-0.4, -0.2) is 41.8 Å². The first-order valence-electron chi connectivity index (χ1n) is 8.69. The normalized spacial score (nSPS) is 27.5. The molecule has 2 aliphatic rings. The van der Waals surface area contributed by atoms with Gasteiger partial charge in [-0.05, 0) is 72.3 Å². The maximum absolute atomic E-state index is 12.4. The van der Waals surface area contributed by atoms with Crippen LogP contribution in [0.5, 0.6) is 0 Å². The number of nitrogens with zero attached hydrogens (tertiary/aromatic N) is 1. The second-order valence-electron chi connectivity index (χ2n) is 7.55. The van der Waals surface area contributed by atoms with E-state index in [0.29, 0.717) is 12.1 Å². The van der Waals surface area contributed by atoms with Crippen LogP contribution in [0.25, 0.3) is 0 Å². The fourth-order valence-corrected chi connectivity index (χ4v) is 3.43. The smallest absolute Gasteiger partial charge is 0.410 e. The molecule has 1 N–H and O–H groups in total. The highest BCUT2D eigenvalue weighted by atomic mass is 16.6. The molecule has 2 atom stereocenters. The molecular formula is C17H32N2O2. The third kappa shape index (κ3) is 5.50. The molecule has 0 aromatic heterocycles. The van der Waals surface area contributed by atoms with Crippen molar-refractivity contribution in [3.8, 4) is 0 Å². The molecule has 0 bridgehead atoms.